The number of nitrogens with zero attached hydrogens (tertiary/aromatic N) is 3. The summed E-state index contributed by atoms with van der Waals surface area (Å²) in [5.41, 5.74) is 1.95. The van der Waals surface area contributed by atoms with Crippen molar-refractivity contribution in [3.63, 3.8) is 0 Å². The Morgan fingerprint density at radius 3 is 2.30 bits per heavy atom. The Labute approximate surface area is 181 Å². The van der Waals surface area contributed by atoms with Crippen molar-refractivity contribution in [2.75, 3.05) is 18.9 Å². The molecule has 0 unspecified atom stereocenters. The van der Waals surface area contributed by atoms with E-state index in [0.29, 0.717) is 16.4 Å². The fraction of sp³-hybridized carbons (Fsp3) is 0.261. The Bertz CT molecular complexity index is 1040. The summed E-state index contributed by atoms with van der Waals surface area (Å²) in [6, 6.07) is 17.9. The molecular formula is C23H25ClN4O2. The largest absolute Gasteiger partial charge is 0.332 e. The molecule has 30 heavy (non-hydrogen) atoms. The summed E-state index contributed by atoms with van der Waals surface area (Å²) < 4.78 is 1.67. The van der Waals surface area contributed by atoms with E-state index in [1.54, 1.807) is 48.1 Å². The molecule has 7 heteroatoms. The lowest BCUT2D eigenvalue weighted by Gasteiger charge is -2.17. The van der Waals surface area contributed by atoms with Gasteiger partial charge in [0.05, 0.1) is 17.9 Å². The van der Waals surface area contributed by atoms with Crippen LogP contribution in [-0.4, -0.2) is 40.1 Å². The lowest BCUT2D eigenvalue weighted by molar-refractivity contribution is -0.116. The van der Waals surface area contributed by atoms with E-state index in [0.717, 1.165) is 11.4 Å². The van der Waals surface area contributed by atoms with Crippen LogP contribution in [0.1, 0.15) is 36.8 Å². The van der Waals surface area contributed by atoms with Crippen LogP contribution in [0.5, 0.6) is 0 Å². The van der Waals surface area contributed by atoms with Crippen LogP contribution in [0, 0.1) is 0 Å². The molecule has 0 fully saturated rings. The van der Waals surface area contributed by atoms with Crippen LogP contribution in [0.15, 0.2) is 60.7 Å². The second-order valence-corrected chi connectivity index (χ2v) is 8.56. The van der Waals surface area contributed by atoms with Crippen LogP contribution >= 0.6 is 11.6 Å². The number of nitrogens with one attached hydrogen (secondary N) is 1. The smallest absolute Gasteiger partial charge is 0.254 e. The van der Waals surface area contributed by atoms with Gasteiger partial charge in [0.25, 0.3) is 5.91 Å². The number of halogens is 1. The number of anilines is 1. The zero-order valence-corrected chi connectivity index (χ0v) is 18.3. The average Bonchev–Trinajstić information content (AvgIpc) is 3.12. The molecule has 0 saturated carbocycles. The molecule has 2 aromatic carbocycles. The number of amides is 2. The van der Waals surface area contributed by atoms with Gasteiger partial charge in [-0.05, 0) is 36.4 Å². The predicted octanol–water partition coefficient (Wildman–Crippen LogP) is 4.53. The molecule has 1 heterocycles. The molecule has 0 aliphatic carbocycles. The lowest BCUT2D eigenvalue weighted by Crippen LogP contribution is -2.35. The molecule has 0 atom stereocenters. The van der Waals surface area contributed by atoms with Crippen LogP contribution in [-0.2, 0) is 10.2 Å². The van der Waals surface area contributed by atoms with Crippen LogP contribution in [0.2, 0.25) is 5.02 Å². The third-order valence-electron chi connectivity index (χ3n) is 4.56. The van der Waals surface area contributed by atoms with E-state index in [1.165, 1.54) is 4.90 Å². The summed E-state index contributed by atoms with van der Waals surface area (Å²) in [7, 11) is 1.60. The number of benzene rings is 2. The van der Waals surface area contributed by atoms with E-state index >= 15 is 0 Å². The highest BCUT2D eigenvalue weighted by atomic mass is 35.5. The van der Waals surface area contributed by atoms with Crippen LogP contribution in [0.4, 0.5) is 5.82 Å². The van der Waals surface area contributed by atoms with Gasteiger partial charge in [0.2, 0.25) is 5.91 Å². The highest BCUT2D eigenvalue weighted by molar-refractivity contribution is 6.30. The maximum absolute atomic E-state index is 12.7. The first-order chi connectivity index (χ1) is 14.1. The van der Waals surface area contributed by atoms with E-state index in [-0.39, 0.29) is 23.8 Å². The number of carbonyl (C=O) groups excluding carboxylic acids is 2. The first-order valence-corrected chi connectivity index (χ1v) is 10.00. The first kappa shape index (κ1) is 21.6. The monoisotopic (exact) mass is 424 g/mol. The third-order valence-corrected chi connectivity index (χ3v) is 4.82. The quantitative estimate of drug-likeness (QED) is 0.654. The molecule has 0 spiro atoms. The summed E-state index contributed by atoms with van der Waals surface area (Å²) in [5.74, 6) is 0.0116. The van der Waals surface area contributed by atoms with Gasteiger partial charge >= 0.3 is 0 Å². The first-order valence-electron chi connectivity index (χ1n) is 9.62. The minimum absolute atomic E-state index is 0.0790. The minimum atomic E-state index is -0.308. The third kappa shape index (κ3) is 5.07. The molecule has 1 aromatic heterocycles. The van der Waals surface area contributed by atoms with E-state index in [4.69, 9.17) is 11.6 Å². The Hall–Kier alpha value is -3.12. The molecule has 0 radical (unpaired) electrons. The fourth-order valence-electron chi connectivity index (χ4n) is 2.89. The van der Waals surface area contributed by atoms with Gasteiger partial charge < -0.3 is 10.2 Å². The Morgan fingerprint density at radius 2 is 1.70 bits per heavy atom. The van der Waals surface area contributed by atoms with Crippen LogP contribution in [0.25, 0.3) is 5.69 Å². The summed E-state index contributed by atoms with van der Waals surface area (Å²) >= 11 is 6.00. The zero-order chi connectivity index (χ0) is 21.9. The van der Waals surface area contributed by atoms with Gasteiger partial charge in [-0.25, -0.2) is 4.68 Å². The van der Waals surface area contributed by atoms with E-state index in [2.05, 4.69) is 31.2 Å². The molecular weight excluding hydrogens is 400 g/mol. The van der Waals surface area contributed by atoms with Crippen molar-refractivity contribution in [1.82, 2.24) is 14.7 Å². The number of hydrogen-bond acceptors (Lipinski definition) is 3. The summed E-state index contributed by atoms with van der Waals surface area (Å²) in [4.78, 5) is 26.6. The number of likely N-dealkylation sites (N-methyl/N-ethyl adjacent to an activating group) is 1. The predicted molar refractivity (Wildman–Crippen MR) is 119 cm³/mol. The topological polar surface area (TPSA) is 67.2 Å². The molecule has 156 valence electrons. The van der Waals surface area contributed by atoms with Gasteiger partial charge in [0.15, 0.2) is 0 Å². The number of rotatable bonds is 5. The molecule has 0 aliphatic heterocycles. The van der Waals surface area contributed by atoms with Gasteiger partial charge in [-0.15, -0.1) is 0 Å². The number of carbonyl (C=O) groups is 2. The van der Waals surface area contributed by atoms with Gasteiger partial charge in [0.1, 0.15) is 5.82 Å². The standard InChI is InChI=1S/C23H25ClN4O2/c1-23(2,3)19-14-20(28(26-19)18-12-10-17(24)11-13-18)25-21(29)15-27(4)22(30)16-8-6-5-7-9-16/h5-14H,15H2,1-4H3,(H,25,29). The minimum Gasteiger partial charge on any atom is -0.332 e. The lowest BCUT2D eigenvalue weighted by atomic mass is 9.92. The number of aromatic nitrogens is 2. The number of hydrogen-bond donors (Lipinski definition) is 1. The summed E-state index contributed by atoms with van der Waals surface area (Å²) in [6.07, 6.45) is 0. The summed E-state index contributed by atoms with van der Waals surface area (Å²) in [6.45, 7) is 6.09. The molecule has 0 aliphatic rings. The SMILES string of the molecule is CN(CC(=O)Nc1cc(C(C)(C)C)nn1-c1ccc(Cl)cc1)C(=O)c1ccccc1. The van der Waals surface area contributed by atoms with Crippen molar-refractivity contribution in [2.45, 2.75) is 26.2 Å². The van der Waals surface area contributed by atoms with Crippen molar-refractivity contribution >= 4 is 29.2 Å². The zero-order valence-electron chi connectivity index (χ0n) is 17.5. The molecule has 0 saturated heterocycles. The second kappa shape index (κ2) is 8.71. The van der Waals surface area contributed by atoms with Crippen molar-refractivity contribution in [1.29, 1.82) is 0 Å². The van der Waals surface area contributed by atoms with Crippen molar-refractivity contribution in [3.05, 3.63) is 76.9 Å². The molecule has 1 N–H and O–H groups in total. The van der Waals surface area contributed by atoms with Crippen LogP contribution < -0.4 is 5.32 Å². The Morgan fingerprint density at radius 1 is 1.07 bits per heavy atom. The molecule has 6 nitrogen and oxygen atoms in total. The van der Waals surface area contributed by atoms with Gasteiger partial charge in [-0.1, -0.05) is 50.6 Å². The molecule has 3 aromatic rings. The normalized spacial score (nSPS) is 11.2. The molecule has 2 amide bonds. The summed E-state index contributed by atoms with van der Waals surface area (Å²) in [5, 5.41) is 8.18. The van der Waals surface area contributed by atoms with Gasteiger partial charge in [-0.2, -0.15) is 5.10 Å². The van der Waals surface area contributed by atoms with Crippen molar-refractivity contribution in [3.8, 4) is 5.69 Å². The Balaban J connectivity index is 1.81. The molecule has 0 bridgehead atoms. The highest BCUT2D eigenvalue weighted by Gasteiger charge is 2.22. The van der Waals surface area contributed by atoms with Gasteiger partial charge in [-0.3, -0.25) is 9.59 Å². The maximum Gasteiger partial charge on any atom is 0.254 e. The van der Waals surface area contributed by atoms with Gasteiger partial charge in [0, 0.05) is 29.1 Å². The molecule has 3 rings (SSSR count). The highest BCUT2D eigenvalue weighted by Crippen LogP contribution is 2.26. The van der Waals surface area contributed by atoms with E-state index in [9.17, 15) is 9.59 Å². The second-order valence-electron chi connectivity index (χ2n) is 8.13. The average molecular weight is 425 g/mol. The van der Waals surface area contributed by atoms with E-state index in [1.807, 2.05) is 24.3 Å². The Kier molecular flexibility index (Phi) is 6.27. The van der Waals surface area contributed by atoms with E-state index < -0.39 is 0 Å². The van der Waals surface area contributed by atoms with Crippen molar-refractivity contribution in [2.24, 2.45) is 0 Å². The maximum atomic E-state index is 12.7. The fourth-order valence-corrected chi connectivity index (χ4v) is 3.01. The van der Waals surface area contributed by atoms with Crippen LogP contribution in [0.3, 0.4) is 0 Å². The van der Waals surface area contributed by atoms with Crippen molar-refractivity contribution < 1.29 is 9.59 Å².